The summed E-state index contributed by atoms with van der Waals surface area (Å²) >= 11 is 0. The van der Waals surface area contributed by atoms with Gasteiger partial charge in [-0.25, -0.2) is 4.79 Å². The lowest BCUT2D eigenvalue weighted by molar-refractivity contribution is -0.145. The van der Waals surface area contributed by atoms with Crippen LogP contribution in [0.1, 0.15) is 23.5 Å². The molecule has 0 heterocycles. The number of rotatable bonds is 3. The number of hydrogen-bond donors (Lipinski definition) is 4. The summed E-state index contributed by atoms with van der Waals surface area (Å²) in [5.74, 6) is -2.85. The number of carboxylic acids is 2. The summed E-state index contributed by atoms with van der Waals surface area (Å²) in [6, 6.07) is 5.70. The van der Waals surface area contributed by atoms with Crippen LogP contribution in [0.15, 0.2) is 24.3 Å². The Labute approximate surface area is 103 Å². The van der Waals surface area contributed by atoms with Gasteiger partial charge in [-0.15, -0.1) is 0 Å². The van der Waals surface area contributed by atoms with E-state index in [1.165, 1.54) is 0 Å². The molecule has 3 atom stereocenters. The number of fused-ring (bicyclic) bond motifs is 1. The first-order chi connectivity index (χ1) is 8.39. The molecule has 18 heavy (non-hydrogen) atoms. The van der Waals surface area contributed by atoms with Gasteiger partial charge in [0.25, 0.3) is 0 Å². The zero-order valence-electron chi connectivity index (χ0n) is 9.54. The molecule has 0 fully saturated rings. The van der Waals surface area contributed by atoms with Gasteiger partial charge in [0.05, 0.1) is 6.42 Å². The summed E-state index contributed by atoms with van der Waals surface area (Å²) in [7, 11) is 0. The van der Waals surface area contributed by atoms with Crippen LogP contribution in [-0.2, 0) is 15.1 Å². The molecule has 1 aromatic rings. The van der Waals surface area contributed by atoms with Crippen molar-refractivity contribution in [2.75, 3.05) is 0 Å². The van der Waals surface area contributed by atoms with E-state index in [2.05, 4.69) is 0 Å². The van der Waals surface area contributed by atoms with Crippen LogP contribution in [0.3, 0.4) is 0 Å². The number of carboxylic acid groups (broad SMARTS) is 2. The van der Waals surface area contributed by atoms with Crippen LogP contribution in [0.5, 0.6) is 0 Å². The molecule has 0 aromatic heterocycles. The summed E-state index contributed by atoms with van der Waals surface area (Å²) in [6.45, 7) is 0. The molecule has 3 unspecified atom stereocenters. The summed E-state index contributed by atoms with van der Waals surface area (Å²) < 4.78 is 0. The van der Waals surface area contributed by atoms with Gasteiger partial charge in [0.15, 0.2) is 5.54 Å². The third-order valence-corrected chi connectivity index (χ3v) is 3.51. The molecule has 6 nitrogen and oxygen atoms in total. The van der Waals surface area contributed by atoms with Gasteiger partial charge >= 0.3 is 11.9 Å². The van der Waals surface area contributed by atoms with Gasteiger partial charge in [-0.05, 0) is 11.1 Å². The van der Waals surface area contributed by atoms with E-state index in [0.29, 0.717) is 11.1 Å². The van der Waals surface area contributed by atoms with Crippen LogP contribution in [-0.4, -0.2) is 28.2 Å². The van der Waals surface area contributed by atoms with Crippen LogP contribution < -0.4 is 11.5 Å². The fraction of sp³-hybridized carbons (Fsp3) is 0.333. The number of aliphatic carboxylic acids is 2. The maximum absolute atomic E-state index is 11.4. The number of carbonyl (C=O) groups is 2. The molecule has 1 aliphatic carbocycles. The van der Waals surface area contributed by atoms with E-state index in [1.807, 2.05) is 0 Å². The average Bonchev–Trinajstić information content (AvgIpc) is 2.53. The predicted molar refractivity (Wildman–Crippen MR) is 62.9 cm³/mol. The summed E-state index contributed by atoms with van der Waals surface area (Å²) in [4.78, 5) is 22.2. The molecule has 0 amide bonds. The Morgan fingerprint density at radius 3 is 2.44 bits per heavy atom. The van der Waals surface area contributed by atoms with Crippen LogP contribution in [0, 0.1) is 0 Å². The molecule has 0 radical (unpaired) electrons. The largest absolute Gasteiger partial charge is 0.481 e. The molecule has 1 aliphatic rings. The average molecular weight is 250 g/mol. The van der Waals surface area contributed by atoms with Crippen molar-refractivity contribution in [3.05, 3.63) is 35.4 Å². The first-order valence-corrected chi connectivity index (χ1v) is 5.48. The summed E-state index contributed by atoms with van der Waals surface area (Å²) in [5.41, 5.74) is 11.1. The summed E-state index contributed by atoms with van der Waals surface area (Å²) in [5, 5.41) is 18.2. The lowest BCUT2D eigenvalue weighted by Gasteiger charge is -2.27. The minimum absolute atomic E-state index is 0.232. The Bertz CT molecular complexity index is 517. The zero-order chi connectivity index (χ0) is 13.5. The highest BCUT2D eigenvalue weighted by Crippen LogP contribution is 2.43. The van der Waals surface area contributed by atoms with Crippen molar-refractivity contribution in [3.63, 3.8) is 0 Å². The number of benzene rings is 1. The highest BCUT2D eigenvalue weighted by molar-refractivity contribution is 5.85. The van der Waals surface area contributed by atoms with Crippen LogP contribution in [0.25, 0.3) is 0 Å². The minimum atomic E-state index is -1.73. The van der Waals surface area contributed by atoms with Gasteiger partial charge in [0, 0.05) is 12.0 Å². The smallest absolute Gasteiger partial charge is 0.330 e. The van der Waals surface area contributed by atoms with Gasteiger partial charge in [-0.1, -0.05) is 24.3 Å². The quantitative estimate of drug-likeness (QED) is 0.589. The molecule has 6 heteroatoms. The molecular weight excluding hydrogens is 236 g/mol. The van der Waals surface area contributed by atoms with Crippen molar-refractivity contribution in [1.29, 1.82) is 0 Å². The van der Waals surface area contributed by atoms with E-state index in [4.69, 9.17) is 16.6 Å². The normalized spacial score (nSPS) is 29.9. The van der Waals surface area contributed by atoms with E-state index < -0.39 is 29.4 Å². The molecule has 0 aliphatic heterocycles. The first-order valence-electron chi connectivity index (χ1n) is 5.48. The second-order valence-electron chi connectivity index (χ2n) is 4.49. The minimum Gasteiger partial charge on any atom is -0.481 e. The van der Waals surface area contributed by atoms with Crippen molar-refractivity contribution >= 4 is 11.9 Å². The van der Waals surface area contributed by atoms with Crippen LogP contribution in [0.2, 0.25) is 0 Å². The molecule has 0 spiro atoms. The third-order valence-electron chi connectivity index (χ3n) is 3.51. The SMILES string of the molecule is NC1C(CC(=O)O)c2ccccc2C1(N)C(=O)O. The fourth-order valence-electron chi connectivity index (χ4n) is 2.57. The molecule has 0 saturated heterocycles. The van der Waals surface area contributed by atoms with Crippen molar-refractivity contribution in [1.82, 2.24) is 0 Å². The van der Waals surface area contributed by atoms with E-state index in [-0.39, 0.29) is 6.42 Å². The van der Waals surface area contributed by atoms with E-state index in [1.54, 1.807) is 24.3 Å². The Hall–Kier alpha value is -1.92. The molecule has 0 saturated carbocycles. The van der Waals surface area contributed by atoms with Crippen LogP contribution in [0.4, 0.5) is 0 Å². The second kappa shape index (κ2) is 4.08. The predicted octanol–water partition coefficient (Wildman–Crippen LogP) is -0.176. The maximum atomic E-state index is 11.4. The molecule has 1 aromatic carbocycles. The van der Waals surface area contributed by atoms with Crippen molar-refractivity contribution in [2.45, 2.75) is 23.9 Å². The molecule has 0 bridgehead atoms. The lowest BCUT2D eigenvalue weighted by Crippen LogP contribution is -2.56. The van der Waals surface area contributed by atoms with E-state index in [9.17, 15) is 14.7 Å². The number of hydrogen-bond acceptors (Lipinski definition) is 4. The monoisotopic (exact) mass is 250 g/mol. The first kappa shape index (κ1) is 12.5. The summed E-state index contributed by atoms with van der Waals surface area (Å²) in [6.07, 6.45) is -0.232. The Morgan fingerprint density at radius 1 is 1.28 bits per heavy atom. The van der Waals surface area contributed by atoms with Gasteiger partial charge in [0.2, 0.25) is 0 Å². The topological polar surface area (TPSA) is 127 Å². The van der Waals surface area contributed by atoms with Gasteiger partial charge in [0.1, 0.15) is 0 Å². The molecular formula is C12H14N2O4. The molecule has 96 valence electrons. The van der Waals surface area contributed by atoms with Crippen molar-refractivity contribution < 1.29 is 19.8 Å². The van der Waals surface area contributed by atoms with Crippen LogP contribution >= 0.6 is 0 Å². The standard InChI is InChI=1S/C12H14N2O4/c13-10-7(5-9(15)16)6-3-1-2-4-8(6)12(10,14)11(17)18/h1-4,7,10H,5,13-14H2,(H,15,16)(H,17,18). The van der Waals surface area contributed by atoms with Gasteiger partial charge < -0.3 is 21.7 Å². The van der Waals surface area contributed by atoms with E-state index >= 15 is 0 Å². The highest BCUT2D eigenvalue weighted by Gasteiger charge is 2.53. The van der Waals surface area contributed by atoms with Crippen molar-refractivity contribution in [3.8, 4) is 0 Å². The number of nitrogens with two attached hydrogens (primary N) is 2. The highest BCUT2D eigenvalue weighted by atomic mass is 16.4. The molecule has 6 N–H and O–H groups in total. The second-order valence-corrected chi connectivity index (χ2v) is 4.49. The lowest BCUT2D eigenvalue weighted by atomic mass is 9.87. The Morgan fingerprint density at radius 2 is 1.89 bits per heavy atom. The maximum Gasteiger partial charge on any atom is 0.330 e. The zero-order valence-corrected chi connectivity index (χ0v) is 9.54. The van der Waals surface area contributed by atoms with E-state index in [0.717, 1.165) is 0 Å². The van der Waals surface area contributed by atoms with Gasteiger partial charge in [-0.2, -0.15) is 0 Å². The Kier molecular flexibility index (Phi) is 2.84. The third kappa shape index (κ3) is 1.58. The molecule has 2 rings (SSSR count). The van der Waals surface area contributed by atoms with Gasteiger partial charge in [-0.3, -0.25) is 4.79 Å². The van der Waals surface area contributed by atoms with Crippen molar-refractivity contribution in [2.24, 2.45) is 11.5 Å². The fourth-order valence-corrected chi connectivity index (χ4v) is 2.57. The Balaban J connectivity index is 2.56.